The summed E-state index contributed by atoms with van der Waals surface area (Å²) in [6, 6.07) is 0. The number of hydrogen-bond donors (Lipinski definition) is 1. The largest absolute Gasteiger partial charge is 0.508 e. The fourth-order valence-corrected chi connectivity index (χ4v) is 2.08. The molecule has 2 aliphatic carbocycles. The Bertz CT molecular complexity index is 213. The lowest BCUT2D eigenvalue weighted by atomic mass is 9.80. The van der Waals surface area contributed by atoms with Crippen LogP contribution in [-0.2, 0) is 0 Å². The van der Waals surface area contributed by atoms with Gasteiger partial charge in [-0.3, -0.25) is 0 Å². The second kappa shape index (κ2) is 2.72. The normalized spacial score (nSPS) is 30.4. The third-order valence-electron chi connectivity index (χ3n) is 2.74. The summed E-state index contributed by atoms with van der Waals surface area (Å²) in [5.74, 6) is 1.25. The van der Waals surface area contributed by atoms with Crippen molar-refractivity contribution in [2.24, 2.45) is 5.92 Å². The molecule has 1 saturated carbocycles. The van der Waals surface area contributed by atoms with E-state index >= 15 is 0 Å². The predicted octanol–water partition coefficient (Wildman–Crippen LogP) is 2.95. The van der Waals surface area contributed by atoms with Gasteiger partial charge in [-0.25, -0.2) is 0 Å². The van der Waals surface area contributed by atoms with Gasteiger partial charge in [0.1, 0.15) is 5.76 Å². The van der Waals surface area contributed by atoms with Crippen LogP contribution in [-0.4, -0.2) is 5.11 Å². The van der Waals surface area contributed by atoms with Crippen molar-refractivity contribution in [3.63, 3.8) is 0 Å². The topological polar surface area (TPSA) is 20.2 Å². The van der Waals surface area contributed by atoms with Crippen LogP contribution >= 0.6 is 0 Å². The summed E-state index contributed by atoms with van der Waals surface area (Å²) in [6.07, 6.45) is 10.2. The van der Waals surface area contributed by atoms with Crippen molar-refractivity contribution in [2.45, 2.75) is 32.1 Å². The van der Waals surface area contributed by atoms with E-state index in [9.17, 15) is 5.11 Å². The van der Waals surface area contributed by atoms with Crippen LogP contribution in [0.3, 0.4) is 0 Å². The Hall–Kier alpha value is -0.720. The molecule has 0 saturated heterocycles. The zero-order valence-corrected chi connectivity index (χ0v) is 6.71. The smallest absolute Gasteiger partial charge is 0.111 e. The van der Waals surface area contributed by atoms with Crippen LogP contribution in [0.2, 0.25) is 0 Å². The van der Waals surface area contributed by atoms with Crippen molar-refractivity contribution in [1.82, 2.24) is 0 Å². The van der Waals surface area contributed by atoms with Gasteiger partial charge in [-0.1, -0.05) is 12.0 Å². The molecule has 2 aliphatic rings. The Balaban J connectivity index is 2.17. The minimum absolute atomic E-state index is 0.484. The number of fused-ring (bicyclic) bond motifs is 1. The Morgan fingerprint density at radius 1 is 1.36 bits per heavy atom. The van der Waals surface area contributed by atoms with Crippen LogP contribution in [0.4, 0.5) is 0 Å². The maximum absolute atomic E-state index is 9.23. The molecule has 0 aromatic carbocycles. The minimum atomic E-state index is 0.484. The summed E-state index contributed by atoms with van der Waals surface area (Å²) in [5, 5.41) is 9.23. The van der Waals surface area contributed by atoms with Crippen LogP contribution in [0.15, 0.2) is 23.5 Å². The molecule has 0 spiro atoms. The number of hydrogen-bond acceptors (Lipinski definition) is 1. The SMILES string of the molecule is OC1=CCC2CCCCC2=C1. The van der Waals surface area contributed by atoms with Crippen molar-refractivity contribution in [2.75, 3.05) is 0 Å². The number of aliphatic hydroxyl groups is 1. The highest BCUT2D eigenvalue weighted by Gasteiger charge is 2.20. The van der Waals surface area contributed by atoms with Crippen LogP contribution < -0.4 is 0 Å². The van der Waals surface area contributed by atoms with E-state index in [1.807, 2.05) is 12.2 Å². The van der Waals surface area contributed by atoms with Crippen LogP contribution in [0.25, 0.3) is 0 Å². The molecule has 1 fully saturated rings. The molecular weight excluding hydrogens is 136 g/mol. The highest BCUT2D eigenvalue weighted by Crippen LogP contribution is 2.35. The Labute approximate surface area is 67.4 Å². The van der Waals surface area contributed by atoms with Crippen molar-refractivity contribution in [3.05, 3.63) is 23.5 Å². The minimum Gasteiger partial charge on any atom is -0.508 e. The lowest BCUT2D eigenvalue weighted by Crippen LogP contribution is -2.12. The third kappa shape index (κ3) is 1.32. The molecule has 0 aromatic heterocycles. The van der Waals surface area contributed by atoms with Gasteiger partial charge in [0.25, 0.3) is 0 Å². The molecule has 0 radical (unpaired) electrons. The fraction of sp³-hybridized carbons (Fsp3) is 0.600. The third-order valence-corrected chi connectivity index (χ3v) is 2.74. The van der Waals surface area contributed by atoms with Gasteiger partial charge in [0, 0.05) is 0 Å². The van der Waals surface area contributed by atoms with Gasteiger partial charge in [-0.05, 0) is 43.8 Å². The van der Waals surface area contributed by atoms with Crippen LogP contribution in [0, 0.1) is 5.92 Å². The van der Waals surface area contributed by atoms with Crippen molar-refractivity contribution < 1.29 is 5.11 Å². The molecule has 11 heavy (non-hydrogen) atoms. The summed E-state index contributed by atoms with van der Waals surface area (Å²) in [6.45, 7) is 0. The molecule has 1 N–H and O–H groups in total. The van der Waals surface area contributed by atoms with E-state index in [4.69, 9.17) is 0 Å². The van der Waals surface area contributed by atoms with E-state index in [-0.39, 0.29) is 0 Å². The quantitative estimate of drug-likeness (QED) is 0.563. The van der Waals surface area contributed by atoms with E-state index in [0.717, 1.165) is 12.3 Å². The monoisotopic (exact) mass is 150 g/mol. The van der Waals surface area contributed by atoms with E-state index in [1.165, 1.54) is 31.3 Å². The molecule has 2 rings (SSSR count). The molecule has 0 aromatic rings. The number of allylic oxidation sites excluding steroid dienone is 3. The molecule has 0 bridgehead atoms. The van der Waals surface area contributed by atoms with Crippen molar-refractivity contribution >= 4 is 0 Å². The van der Waals surface area contributed by atoms with Gasteiger partial charge < -0.3 is 5.11 Å². The molecule has 1 unspecified atom stereocenters. The van der Waals surface area contributed by atoms with Gasteiger partial charge in [0.2, 0.25) is 0 Å². The van der Waals surface area contributed by atoms with Crippen LogP contribution in [0.1, 0.15) is 32.1 Å². The average Bonchev–Trinajstić information content (AvgIpc) is 2.04. The summed E-state index contributed by atoms with van der Waals surface area (Å²) >= 11 is 0. The van der Waals surface area contributed by atoms with E-state index in [0.29, 0.717) is 5.76 Å². The standard InChI is InChI=1S/C10H14O/c11-10-6-5-8-3-1-2-4-9(8)7-10/h6-8,11H,1-5H2. The number of aliphatic hydroxyl groups excluding tert-OH is 1. The Morgan fingerprint density at radius 3 is 3.18 bits per heavy atom. The zero-order chi connectivity index (χ0) is 7.68. The van der Waals surface area contributed by atoms with E-state index < -0.39 is 0 Å². The van der Waals surface area contributed by atoms with Crippen molar-refractivity contribution in [1.29, 1.82) is 0 Å². The summed E-state index contributed by atoms with van der Waals surface area (Å²) in [4.78, 5) is 0. The molecule has 1 nitrogen and oxygen atoms in total. The van der Waals surface area contributed by atoms with Gasteiger partial charge in [-0.2, -0.15) is 0 Å². The zero-order valence-electron chi connectivity index (χ0n) is 6.71. The second-order valence-electron chi connectivity index (χ2n) is 3.53. The molecule has 0 aliphatic heterocycles. The number of rotatable bonds is 0. The molecule has 1 atom stereocenters. The highest BCUT2D eigenvalue weighted by molar-refractivity contribution is 5.25. The maximum atomic E-state index is 9.23. The average molecular weight is 150 g/mol. The predicted molar refractivity (Wildman–Crippen MR) is 45.4 cm³/mol. The molecule has 1 heteroatoms. The van der Waals surface area contributed by atoms with E-state index in [1.54, 1.807) is 0 Å². The lowest BCUT2D eigenvalue weighted by molar-refractivity contribution is 0.394. The summed E-state index contributed by atoms with van der Waals surface area (Å²) in [5.41, 5.74) is 1.48. The first-order chi connectivity index (χ1) is 5.36. The Morgan fingerprint density at radius 2 is 2.27 bits per heavy atom. The van der Waals surface area contributed by atoms with Crippen molar-refractivity contribution in [3.8, 4) is 0 Å². The van der Waals surface area contributed by atoms with E-state index in [2.05, 4.69) is 0 Å². The highest BCUT2D eigenvalue weighted by atomic mass is 16.3. The van der Waals surface area contributed by atoms with Gasteiger partial charge >= 0.3 is 0 Å². The second-order valence-corrected chi connectivity index (χ2v) is 3.53. The first kappa shape index (κ1) is 6.96. The van der Waals surface area contributed by atoms with Gasteiger partial charge in [0.05, 0.1) is 0 Å². The summed E-state index contributed by atoms with van der Waals surface area (Å²) in [7, 11) is 0. The maximum Gasteiger partial charge on any atom is 0.111 e. The first-order valence-electron chi connectivity index (χ1n) is 4.46. The van der Waals surface area contributed by atoms with Gasteiger partial charge in [0.15, 0.2) is 0 Å². The lowest BCUT2D eigenvalue weighted by Gasteiger charge is -2.26. The molecule has 0 amide bonds. The molecule has 60 valence electrons. The molecule has 0 heterocycles. The Kier molecular flexibility index (Phi) is 1.72. The molecular formula is C10H14O. The summed E-state index contributed by atoms with van der Waals surface area (Å²) < 4.78 is 0. The van der Waals surface area contributed by atoms with Crippen LogP contribution in [0.5, 0.6) is 0 Å². The fourth-order valence-electron chi connectivity index (χ4n) is 2.08. The first-order valence-corrected chi connectivity index (χ1v) is 4.46. The van der Waals surface area contributed by atoms with Gasteiger partial charge in [-0.15, -0.1) is 0 Å².